The molecule has 0 atom stereocenters. The van der Waals surface area contributed by atoms with Gasteiger partial charge in [0, 0.05) is 18.7 Å². The topological polar surface area (TPSA) is 29.3 Å². The van der Waals surface area contributed by atoms with Crippen molar-refractivity contribution < 1.29 is 4.39 Å². The van der Waals surface area contributed by atoms with E-state index in [0.717, 1.165) is 25.9 Å². The predicted molar refractivity (Wildman–Crippen MR) is 79.7 cm³/mol. The number of hydrogen-bond donors (Lipinski definition) is 1. The van der Waals surface area contributed by atoms with Crippen LogP contribution in [0, 0.1) is 5.82 Å². The van der Waals surface area contributed by atoms with Crippen molar-refractivity contribution >= 4 is 5.69 Å². The summed E-state index contributed by atoms with van der Waals surface area (Å²) in [5, 5.41) is 0. The average Bonchev–Trinajstić information content (AvgIpc) is 2.65. The molecule has 3 heteroatoms. The van der Waals surface area contributed by atoms with Gasteiger partial charge >= 0.3 is 0 Å². The Kier molecular flexibility index (Phi) is 3.70. The molecule has 1 heterocycles. The molecule has 0 unspecified atom stereocenters. The molecule has 1 aliphatic heterocycles. The van der Waals surface area contributed by atoms with Crippen molar-refractivity contribution in [3.05, 3.63) is 65.0 Å². The van der Waals surface area contributed by atoms with E-state index in [1.54, 1.807) is 6.07 Å². The number of hydrogen-bond acceptors (Lipinski definition) is 2. The van der Waals surface area contributed by atoms with Gasteiger partial charge in [-0.1, -0.05) is 36.4 Å². The molecule has 104 valence electrons. The van der Waals surface area contributed by atoms with Crippen LogP contribution in [0.25, 0.3) is 0 Å². The number of nitrogen functional groups attached to an aromatic ring is 1. The van der Waals surface area contributed by atoms with Crippen LogP contribution in [0.5, 0.6) is 0 Å². The maximum absolute atomic E-state index is 14.0. The normalized spacial score (nSPS) is 15.7. The minimum atomic E-state index is -0.273. The number of rotatable bonds is 2. The summed E-state index contributed by atoms with van der Waals surface area (Å²) in [4.78, 5) is 2.30. The maximum atomic E-state index is 14.0. The molecule has 20 heavy (non-hydrogen) atoms. The summed E-state index contributed by atoms with van der Waals surface area (Å²) in [6.45, 7) is 2.48. The quantitative estimate of drug-likeness (QED) is 0.848. The fourth-order valence-electron chi connectivity index (χ4n) is 2.87. The smallest absolute Gasteiger partial charge is 0.150 e. The molecular weight excluding hydrogens is 251 g/mol. The number of fused-ring (bicyclic) bond motifs is 1. The highest BCUT2D eigenvalue weighted by atomic mass is 19.1. The third kappa shape index (κ3) is 2.68. The van der Waals surface area contributed by atoms with Gasteiger partial charge in [-0.3, -0.25) is 4.90 Å². The SMILES string of the molecule is Nc1cccc(CN2CCCc3ccccc3C2)c1F. The molecule has 0 saturated carbocycles. The summed E-state index contributed by atoms with van der Waals surface area (Å²) in [5.41, 5.74) is 9.33. The molecule has 0 amide bonds. The number of halogens is 1. The zero-order chi connectivity index (χ0) is 13.9. The lowest BCUT2D eigenvalue weighted by Gasteiger charge is -2.21. The Bertz CT molecular complexity index is 610. The number of benzene rings is 2. The van der Waals surface area contributed by atoms with Crippen molar-refractivity contribution in [2.45, 2.75) is 25.9 Å². The molecule has 2 nitrogen and oxygen atoms in total. The molecule has 0 radical (unpaired) electrons. The summed E-state index contributed by atoms with van der Waals surface area (Å²) in [6.07, 6.45) is 2.22. The lowest BCUT2D eigenvalue weighted by molar-refractivity contribution is 0.257. The molecule has 2 aromatic rings. The van der Waals surface area contributed by atoms with Gasteiger partial charge in [-0.15, -0.1) is 0 Å². The second-order valence-corrected chi connectivity index (χ2v) is 5.40. The van der Waals surface area contributed by atoms with Crippen LogP contribution in [0.3, 0.4) is 0 Å². The summed E-state index contributed by atoms with van der Waals surface area (Å²) in [5.74, 6) is -0.273. The van der Waals surface area contributed by atoms with E-state index in [4.69, 9.17) is 5.73 Å². The van der Waals surface area contributed by atoms with Crippen LogP contribution in [0.15, 0.2) is 42.5 Å². The highest BCUT2D eigenvalue weighted by Gasteiger charge is 2.16. The van der Waals surface area contributed by atoms with Gasteiger partial charge in [-0.2, -0.15) is 0 Å². The third-order valence-electron chi connectivity index (χ3n) is 3.94. The molecule has 2 N–H and O–H groups in total. The first-order valence-electron chi connectivity index (χ1n) is 7.06. The van der Waals surface area contributed by atoms with Gasteiger partial charge in [-0.05, 0) is 36.6 Å². The molecule has 0 aliphatic carbocycles. The van der Waals surface area contributed by atoms with Crippen LogP contribution in [-0.2, 0) is 19.5 Å². The standard InChI is InChI=1S/C17H19FN2/c18-17-15(7-3-9-16(17)19)12-20-10-4-8-13-5-1-2-6-14(13)11-20/h1-3,5-7,9H,4,8,10-12,19H2. The molecule has 0 saturated heterocycles. The van der Waals surface area contributed by atoms with Gasteiger partial charge in [0.2, 0.25) is 0 Å². The molecule has 0 aromatic heterocycles. The first kappa shape index (κ1) is 13.1. The molecule has 0 bridgehead atoms. The Balaban J connectivity index is 1.80. The third-order valence-corrected chi connectivity index (χ3v) is 3.94. The van der Waals surface area contributed by atoms with Crippen molar-refractivity contribution in [2.24, 2.45) is 0 Å². The average molecular weight is 270 g/mol. The van der Waals surface area contributed by atoms with E-state index in [9.17, 15) is 4.39 Å². The summed E-state index contributed by atoms with van der Waals surface area (Å²) < 4.78 is 14.0. The molecular formula is C17H19FN2. The van der Waals surface area contributed by atoms with E-state index in [2.05, 4.69) is 29.2 Å². The molecule has 0 fully saturated rings. The van der Waals surface area contributed by atoms with Crippen LogP contribution in [0.2, 0.25) is 0 Å². The van der Waals surface area contributed by atoms with Gasteiger partial charge in [0.05, 0.1) is 5.69 Å². The van der Waals surface area contributed by atoms with Crippen molar-refractivity contribution in [1.82, 2.24) is 4.90 Å². The molecule has 0 spiro atoms. The van der Waals surface area contributed by atoms with Crippen molar-refractivity contribution in [3.8, 4) is 0 Å². The second kappa shape index (κ2) is 5.63. The Labute approximate surface area is 119 Å². The van der Waals surface area contributed by atoms with Gasteiger partial charge in [0.25, 0.3) is 0 Å². The molecule has 1 aliphatic rings. The Morgan fingerprint density at radius 2 is 1.85 bits per heavy atom. The van der Waals surface area contributed by atoms with Crippen molar-refractivity contribution in [1.29, 1.82) is 0 Å². The first-order valence-corrected chi connectivity index (χ1v) is 7.06. The van der Waals surface area contributed by atoms with Crippen LogP contribution >= 0.6 is 0 Å². The Morgan fingerprint density at radius 1 is 1.05 bits per heavy atom. The van der Waals surface area contributed by atoms with E-state index in [-0.39, 0.29) is 11.5 Å². The van der Waals surface area contributed by atoms with Gasteiger partial charge in [-0.25, -0.2) is 4.39 Å². The number of aryl methyl sites for hydroxylation is 1. The van der Waals surface area contributed by atoms with Crippen LogP contribution in [0.4, 0.5) is 10.1 Å². The van der Waals surface area contributed by atoms with Crippen LogP contribution in [-0.4, -0.2) is 11.4 Å². The number of anilines is 1. The van der Waals surface area contributed by atoms with Crippen molar-refractivity contribution in [2.75, 3.05) is 12.3 Å². The molecule has 2 aromatic carbocycles. The van der Waals surface area contributed by atoms with Gasteiger partial charge in [0.1, 0.15) is 0 Å². The van der Waals surface area contributed by atoms with Gasteiger partial charge < -0.3 is 5.73 Å². The fraction of sp³-hybridized carbons (Fsp3) is 0.294. The second-order valence-electron chi connectivity index (χ2n) is 5.40. The number of nitrogens with two attached hydrogens (primary N) is 1. The fourth-order valence-corrected chi connectivity index (χ4v) is 2.87. The summed E-state index contributed by atoms with van der Waals surface area (Å²) in [6, 6.07) is 13.8. The Morgan fingerprint density at radius 3 is 2.70 bits per heavy atom. The zero-order valence-electron chi connectivity index (χ0n) is 11.5. The van der Waals surface area contributed by atoms with E-state index in [0.29, 0.717) is 12.1 Å². The minimum Gasteiger partial charge on any atom is -0.396 e. The largest absolute Gasteiger partial charge is 0.396 e. The molecule has 3 rings (SSSR count). The highest BCUT2D eigenvalue weighted by molar-refractivity contribution is 5.42. The van der Waals surface area contributed by atoms with E-state index in [1.807, 2.05) is 12.1 Å². The van der Waals surface area contributed by atoms with Crippen molar-refractivity contribution in [3.63, 3.8) is 0 Å². The summed E-state index contributed by atoms with van der Waals surface area (Å²) in [7, 11) is 0. The van der Waals surface area contributed by atoms with Crippen LogP contribution in [0.1, 0.15) is 23.1 Å². The van der Waals surface area contributed by atoms with Crippen LogP contribution < -0.4 is 5.73 Å². The summed E-state index contributed by atoms with van der Waals surface area (Å²) >= 11 is 0. The zero-order valence-corrected chi connectivity index (χ0v) is 11.5. The van der Waals surface area contributed by atoms with E-state index >= 15 is 0 Å². The lowest BCUT2D eigenvalue weighted by atomic mass is 10.0. The lowest BCUT2D eigenvalue weighted by Crippen LogP contribution is -2.23. The maximum Gasteiger partial charge on any atom is 0.150 e. The van der Waals surface area contributed by atoms with E-state index < -0.39 is 0 Å². The monoisotopic (exact) mass is 270 g/mol. The first-order chi connectivity index (χ1) is 9.74. The minimum absolute atomic E-state index is 0.234. The Hall–Kier alpha value is -1.87. The predicted octanol–water partition coefficient (Wildman–Crippen LogP) is 3.36. The van der Waals surface area contributed by atoms with E-state index in [1.165, 1.54) is 11.1 Å². The highest BCUT2D eigenvalue weighted by Crippen LogP contribution is 2.22. The number of nitrogens with zero attached hydrogens (tertiary/aromatic N) is 1. The van der Waals surface area contributed by atoms with Gasteiger partial charge in [0.15, 0.2) is 5.82 Å².